The third-order valence-corrected chi connectivity index (χ3v) is 5.42. The van der Waals surface area contributed by atoms with Crippen LogP contribution in [0.4, 0.5) is 10.2 Å². The Labute approximate surface area is 178 Å². The number of halogens is 2. The Bertz CT molecular complexity index is 1030. The average Bonchev–Trinajstić information content (AvgIpc) is 2.79. The molecule has 1 aliphatic heterocycles. The van der Waals surface area contributed by atoms with Gasteiger partial charge in [-0.15, -0.1) is 0 Å². The van der Waals surface area contributed by atoms with Crippen LogP contribution in [0.5, 0.6) is 5.75 Å². The molecule has 0 spiro atoms. The van der Waals surface area contributed by atoms with Crippen LogP contribution in [0.1, 0.15) is 10.4 Å². The van der Waals surface area contributed by atoms with Crippen molar-refractivity contribution < 1.29 is 13.9 Å². The van der Waals surface area contributed by atoms with Crippen molar-refractivity contribution in [2.75, 3.05) is 38.2 Å². The molecule has 4 rings (SSSR count). The standard InChI is InChI=1S/C22H20ClFN4O2/c1-30-16-7-5-15(6-8-16)19-13-20(26-14-25-19)27-9-11-28(12-10-27)22(29)21-17(23)3-2-4-18(21)24/h2-8,13-14H,9-12H2,1H3. The summed E-state index contributed by atoms with van der Waals surface area (Å²) < 4.78 is 19.3. The predicted octanol–water partition coefficient (Wildman–Crippen LogP) is 3.91. The van der Waals surface area contributed by atoms with Gasteiger partial charge in [0.2, 0.25) is 0 Å². The lowest BCUT2D eigenvalue weighted by Gasteiger charge is -2.35. The molecule has 0 radical (unpaired) electrons. The van der Waals surface area contributed by atoms with E-state index in [1.54, 1.807) is 12.0 Å². The van der Waals surface area contributed by atoms with Crippen molar-refractivity contribution in [2.45, 2.75) is 0 Å². The topological polar surface area (TPSA) is 58.6 Å². The van der Waals surface area contributed by atoms with E-state index in [-0.39, 0.29) is 16.5 Å². The molecule has 8 heteroatoms. The third-order valence-electron chi connectivity index (χ3n) is 5.11. The fourth-order valence-corrected chi connectivity index (χ4v) is 3.68. The maximum atomic E-state index is 14.1. The molecule has 0 aliphatic carbocycles. The van der Waals surface area contributed by atoms with Crippen molar-refractivity contribution >= 4 is 23.3 Å². The number of hydrogen-bond donors (Lipinski definition) is 0. The van der Waals surface area contributed by atoms with Gasteiger partial charge in [-0.25, -0.2) is 14.4 Å². The molecule has 30 heavy (non-hydrogen) atoms. The summed E-state index contributed by atoms with van der Waals surface area (Å²) in [5, 5.41) is 0.127. The second kappa shape index (κ2) is 8.67. The number of carbonyl (C=O) groups is 1. The maximum absolute atomic E-state index is 14.1. The number of aromatic nitrogens is 2. The number of nitrogens with zero attached hydrogens (tertiary/aromatic N) is 4. The lowest BCUT2D eigenvalue weighted by Crippen LogP contribution is -2.49. The lowest BCUT2D eigenvalue weighted by atomic mass is 10.1. The molecule has 1 aromatic heterocycles. The van der Waals surface area contributed by atoms with Gasteiger partial charge in [-0.05, 0) is 36.4 Å². The van der Waals surface area contributed by atoms with Gasteiger partial charge in [0.25, 0.3) is 5.91 Å². The molecule has 6 nitrogen and oxygen atoms in total. The van der Waals surface area contributed by atoms with Crippen molar-refractivity contribution in [1.29, 1.82) is 0 Å². The van der Waals surface area contributed by atoms with Gasteiger partial charge in [0.1, 0.15) is 23.7 Å². The van der Waals surface area contributed by atoms with Crippen molar-refractivity contribution in [3.8, 4) is 17.0 Å². The minimum absolute atomic E-state index is 0.0727. The Morgan fingerprint density at radius 3 is 2.47 bits per heavy atom. The second-order valence-corrected chi connectivity index (χ2v) is 7.27. The van der Waals surface area contributed by atoms with E-state index in [1.165, 1.54) is 24.5 Å². The molecular weight excluding hydrogens is 407 g/mol. The highest BCUT2D eigenvalue weighted by Crippen LogP contribution is 2.25. The zero-order valence-corrected chi connectivity index (χ0v) is 17.1. The van der Waals surface area contributed by atoms with Gasteiger partial charge in [0, 0.05) is 37.8 Å². The highest BCUT2D eigenvalue weighted by Gasteiger charge is 2.26. The number of piperazine rings is 1. The van der Waals surface area contributed by atoms with E-state index < -0.39 is 5.82 Å². The van der Waals surface area contributed by atoms with E-state index in [0.29, 0.717) is 26.2 Å². The van der Waals surface area contributed by atoms with Gasteiger partial charge < -0.3 is 14.5 Å². The highest BCUT2D eigenvalue weighted by molar-refractivity contribution is 6.33. The number of rotatable bonds is 4. The van der Waals surface area contributed by atoms with Crippen molar-refractivity contribution in [3.63, 3.8) is 0 Å². The molecule has 154 valence electrons. The minimum Gasteiger partial charge on any atom is -0.497 e. The van der Waals surface area contributed by atoms with Crippen LogP contribution < -0.4 is 9.64 Å². The van der Waals surface area contributed by atoms with Crippen molar-refractivity contribution in [3.05, 3.63) is 71.3 Å². The Balaban J connectivity index is 1.46. The minimum atomic E-state index is -0.602. The molecule has 1 aliphatic rings. The molecule has 1 fully saturated rings. The maximum Gasteiger partial charge on any atom is 0.258 e. The predicted molar refractivity (Wildman–Crippen MR) is 114 cm³/mol. The van der Waals surface area contributed by atoms with Crippen LogP contribution >= 0.6 is 11.6 Å². The SMILES string of the molecule is COc1ccc(-c2cc(N3CCN(C(=O)c4c(F)cccc4Cl)CC3)ncn2)cc1. The van der Waals surface area contributed by atoms with E-state index in [1.807, 2.05) is 30.3 Å². The fourth-order valence-electron chi connectivity index (χ4n) is 3.44. The summed E-state index contributed by atoms with van der Waals surface area (Å²) in [4.78, 5) is 25.2. The average molecular weight is 427 g/mol. The number of anilines is 1. The largest absolute Gasteiger partial charge is 0.497 e. The van der Waals surface area contributed by atoms with E-state index in [0.717, 1.165) is 22.8 Å². The van der Waals surface area contributed by atoms with Crippen LogP contribution in [-0.2, 0) is 0 Å². The van der Waals surface area contributed by atoms with E-state index in [2.05, 4.69) is 14.9 Å². The first-order valence-corrected chi connectivity index (χ1v) is 9.89. The Hall–Kier alpha value is -3.19. The van der Waals surface area contributed by atoms with Crippen LogP contribution in [-0.4, -0.2) is 54.1 Å². The van der Waals surface area contributed by atoms with E-state index in [4.69, 9.17) is 16.3 Å². The van der Waals surface area contributed by atoms with Gasteiger partial charge in [-0.2, -0.15) is 0 Å². The normalized spacial score (nSPS) is 14.0. The van der Waals surface area contributed by atoms with E-state index >= 15 is 0 Å². The number of methoxy groups -OCH3 is 1. The fraction of sp³-hybridized carbons (Fsp3) is 0.227. The summed E-state index contributed by atoms with van der Waals surface area (Å²) in [6.07, 6.45) is 1.53. The first kappa shape index (κ1) is 20.1. The molecule has 2 heterocycles. The third kappa shape index (κ3) is 4.07. The first-order valence-electron chi connectivity index (χ1n) is 9.51. The van der Waals surface area contributed by atoms with Crippen LogP contribution in [0, 0.1) is 5.82 Å². The monoisotopic (exact) mass is 426 g/mol. The second-order valence-electron chi connectivity index (χ2n) is 6.87. The molecule has 1 saturated heterocycles. The molecule has 1 amide bonds. The first-order chi connectivity index (χ1) is 14.6. The van der Waals surface area contributed by atoms with Crippen LogP contribution in [0.15, 0.2) is 54.9 Å². The van der Waals surface area contributed by atoms with Gasteiger partial charge in [0.15, 0.2) is 0 Å². The Morgan fingerprint density at radius 2 is 1.80 bits per heavy atom. The summed E-state index contributed by atoms with van der Waals surface area (Å²) in [5.74, 6) is 0.574. The van der Waals surface area contributed by atoms with Crippen LogP contribution in [0.2, 0.25) is 5.02 Å². The van der Waals surface area contributed by atoms with Crippen molar-refractivity contribution in [2.24, 2.45) is 0 Å². The summed E-state index contributed by atoms with van der Waals surface area (Å²) in [6.45, 7) is 2.06. The van der Waals surface area contributed by atoms with Crippen LogP contribution in [0.25, 0.3) is 11.3 Å². The molecule has 0 unspecified atom stereocenters. The smallest absolute Gasteiger partial charge is 0.258 e. The lowest BCUT2D eigenvalue weighted by molar-refractivity contribution is 0.0742. The summed E-state index contributed by atoms with van der Waals surface area (Å²) in [6, 6.07) is 13.8. The molecule has 2 aromatic carbocycles. The molecular formula is C22H20ClFN4O2. The number of ether oxygens (including phenoxy) is 1. The molecule has 0 atom stereocenters. The molecule has 0 saturated carbocycles. The van der Waals surface area contributed by atoms with Crippen molar-refractivity contribution in [1.82, 2.24) is 14.9 Å². The number of benzene rings is 2. The quantitative estimate of drug-likeness (QED) is 0.633. The molecule has 3 aromatic rings. The number of hydrogen-bond acceptors (Lipinski definition) is 5. The van der Waals surface area contributed by atoms with Gasteiger partial charge in [-0.1, -0.05) is 17.7 Å². The highest BCUT2D eigenvalue weighted by atomic mass is 35.5. The Kier molecular flexibility index (Phi) is 5.81. The zero-order valence-electron chi connectivity index (χ0n) is 16.4. The summed E-state index contributed by atoms with van der Waals surface area (Å²) in [5.41, 5.74) is 1.69. The summed E-state index contributed by atoms with van der Waals surface area (Å²) in [7, 11) is 1.63. The van der Waals surface area contributed by atoms with Crippen LogP contribution in [0.3, 0.4) is 0 Å². The summed E-state index contributed by atoms with van der Waals surface area (Å²) >= 11 is 6.04. The van der Waals surface area contributed by atoms with Gasteiger partial charge >= 0.3 is 0 Å². The van der Waals surface area contributed by atoms with E-state index in [9.17, 15) is 9.18 Å². The zero-order chi connectivity index (χ0) is 21.1. The number of carbonyl (C=O) groups excluding carboxylic acids is 1. The number of amides is 1. The molecule has 0 bridgehead atoms. The Morgan fingerprint density at radius 1 is 1.07 bits per heavy atom. The van der Waals surface area contributed by atoms with Gasteiger partial charge in [-0.3, -0.25) is 4.79 Å². The van der Waals surface area contributed by atoms with Gasteiger partial charge in [0.05, 0.1) is 23.4 Å². The molecule has 0 N–H and O–H groups in total.